The molecule has 3 aromatic heterocycles. The van der Waals surface area contributed by atoms with Crippen LogP contribution in [0.3, 0.4) is 0 Å². The van der Waals surface area contributed by atoms with Crippen LogP contribution in [-0.4, -0.2) is 42.1 Å². The maximum absolute atomic E-state index is 13.1. The highest BCUT2D eigenvalue weighted by atomic mass is 32.2. The van der Waals surface area contributed by atoms with E-state index in [1.165, 1.54) is 34.8 Å². The van der Waals surface area contributed by atoms with E-state index in [1.807, 2.05) is 6.20 Å². The zero-order valence-corrected chi connectivity index (χ0v) is 18.2. The molecular formula is C19H18FN5O2S3. The predicted molar refractivity (Wildman–Crippen MR) is 116 cm³/mol. The SMILES string of the molecule is O=S(=O)(NC1CCN(c2nn3cc(-c4ccc(F)cc4)nc3s2)CC1)c1cccs1. The molecule has 0 atom stereocenters. The van der Waals surface area contributed by atoms with Crippen molar-refractivity contribution >= 4 is 42.8 Å². The molecule has 0 radical (unpaired) electrons. The van der Waals surface area contributed by atoms with E-state index in [0.717, 1.165) is 34.4 Å². The number of piperidine rings is 1. The first-order chi connectivity index (χ1) is 14.5. The molecule has 0 spiro atoms. The van der Waals surface area contributed by atoms with Crippen molar-refractivity contribution in [1.82, 2.24) is 19.3 Å². The second-order valence-electron chi connectivity index (χ2n) is 7.06. The first-order valence-electron chi connectivity index (χ1n) is 9.41. The van der Waals surface area contributed by atoms with Crippen LogP contribution in [-0.2, 0) is 10.0 Å². The third-order valence-electron chi connectivity index (χ3n) is 5.02. The quantitative estimate of drug-likeness (QED) is 0.489. The number of nitrogens with zero attached hydrogens (tertiary/aromatic N) is 4. The lowest BCUT2D eigenvalue weighted by Crippen LogP contribution is -2.44. The zero-order chi connectivity index (χ0) is 20.7. The van der Waals surface area contributed by atoms with E-state index >= 15 is 0 Å². The number of hydrogen-bond acceptors (Lipinski definition) is 7. The molecule has 0 aliphatic carbocycles. The first-order valence-corrected chi connectivity index (χ1v) is 12.6. The standard InChI is InChI=1S/C19H18FN5O2S3/c20-14-5-3-13(4-6-14)16-12-25-18(21-16)29-19(22-25)24-9-7-15(8-10-24)23-30(26,27)17-2-1-11-28-17/h1-6,11-12,15,23H,7-10H2. The molecule has 4 heterocycles. The number of aromatic nitrogens is 3. The highest BCUT2D eigenvalue weighted by molar-refractivity contribution is 7.91. The summed E-state index contributed by atoms with van der Waals surface area (Å²) >= 11 is 2.71. The van der Waals surface area contributed by atoms with Crippen molar-refractivity contribution in [2.75, 3.05) is 18.0 Å². The van der Waals surface area contributed by atoms with E-state index in [0.29, 0.717) is 17.1 Å². The average molecular weight is 464 g/mol. The molecule has 1 N–H and O–H groups in total. The van der Waals surface area contributed by atoms with Gasteiger partial charge in [-0.3, -0.25) is 0 Å². The Kier molecular flexibility index (Phi) is 5.05. The van der Waals surface area contributed by atoms with Gasteiger partial charge in [0.2, 0.25) is 20.1 Å². The summed E-state index contributed by atoms with van der Waals surface area (Å²) in [5.41, 5.74) is 1.59. The Hall–Kier alpha value is -2.34. The van der Waals surface area contributed by atoms with Gasteiger partial charge in [-0.05, 0) is 48.6 Å². The van der Waals surface area contributed by atoms with Gasteiger partial charge in [0.15, 0.2) is 0 Å². The topological polar surface area (TPSA) is 79.6 Å². The summed E-state index contributed by atoms with van der Waals surface area (Å²) in [6, 6.07) is 9.50. The van der Waals surface area contributed by atoms with Crippen LogP contribution in [0.5, 0.6) is 0 Å². The number of nitrogens with one attached hydrogen (secondary N) is 1. The van der Waals surface area contributed by atoms with Crippen molar-refractivity contribution in [3.05, 3.63) is 53.8 Å². The van der Waals surface area contributed by atoms with E-state index < -0.39 is 10.0 Å². The zero-order valence-electron chi connectivity index (χ0n) is 15.7. The summed E-state index contributed by atoms with van der Waals surface area (Å²) in [6.45, 7) is 1.44. The predicted octanol–water partition coefficient (Wildman–Crippen LogP) is 3.61. The van der Waals surface area contributed by atoms with Crippen molar-refractivity contribution in [3.63, 3.8) is 0 Å². The van der Waals surface area contributed by atoms with Crippen LogP contribution in [0.15, 0.2) is 52.2 Å². The van der Waals surface area contributed by atoms with Crippen molar-refractivity contribution in [3.8, 4) is 11.3 Å². The first kappa shape index (κ1) is 19.6. The van der Waals surface area contributed by atoms with E-state index in [-0.39, 0.29) is 11.9 Å². The molecule has 0 unspecified atom stereocenters. The van der Waals surface area contributed by atoms with Crippen molar-refractivity contribution in [2.24, 2.45) is 0 Å². The lowest BCUT2D eigenvalue weighted by Gasteiger charge is -2.31. The van der Waals surface area contributed by atoms with Gasteiger partial charge in [0.05, 0.1) is 11.9 Å². The number of fused-ring (bicyclic) bond motifs is 1. The second kappa shape index (κ2) is 7.73. The van der Waals surface area contributed by atoms with Gasteiger partial charge < -0.3 is 4.90 Å². The van der Waals surface area contributed by atoms with E-state index in [2.05, 4.69) is 19.7 Å². The lowest BCUT2D eigenvalue weighted by molar-refractivity contribution is 0.459. The van der Waals surface area contributed by atoms with Crippen molar-refractivity contribution in [2.45, 2.75) is 23.1 Å². The molecular weight excluding hydrogens is 445 g/mol. The fourth-order valence-electron chi connectivity index (χ4n) is 3.46. The fourth-order valence-corrected chi connectivity index (χ4v) is 6.71. The van der Waals surface area contributed by atoms with Crippen LogP contribution < -0.4 is 9.62 Å². The molecule has 5 rings (SSSR count). The maximum atomic E-state index is 13.1. The molecule has 0 saturated carbocycles. The summed E-state index contributed by atoms with van der Waals surface area (Å²) in [6.07, 6.45) is 3.27. The highest BCUT2D eigenvalue weighted by Crippen LogP contribution is 2.29. The van der Waals surface area contributed by atoms with Gasteiger partial charge in [-0.1, -0.05) is 17.4 Å². The summed E-state index contributed by atoms with van der Waals surface area (Å²) in [7, 11) is -3.44. The molecule has 7 nitrogen and oxygen atoms in total. The molecule has 1 aromatic carbocycles. The largest absolute Gasteiger partial charge is 0.347 e. The molecule has 1 aliphatic rings. The average Bonchev–Trinajstić information content (AvgIpc) is 3.46. The Balaban J connectivity index is 1.25. The number of thiophene rings is 1. The van der Waals surface area contributed by atoms with Crippen molar-refractivity contribution < 1.29 is 12.8 Å². The molecule has 156 valence electrons. The molecule has 11 heteroatoms. The van der Waals surface area contributed by atoms with Gasteiger partial charge in [-0.15, -0.1) is 16.4 Å². The number of hydrogen-bond donors (Lipinski definition) is 1. The Morgan fingerprint density at radius 2 is 1.90 bits per heavy atom. The van der Waals surface area contributed by atoms with Gasteiger partial charge in [-0.25, -0.2) is 27.0 Å². The third kappa shape index (κ3) is 3.85. The molecule has 0 bridgehead atoms. The highest BCUT2D eigenvalue weighted by Gasteiger charge is 2.26. The second-order valence-corrected chi connectivity index (χ2v) is 10.9. The number of anilines is 1. The lowest BCUT2D eigenvalue weighted by atomic mass is 10.1. The Morgan fingerprint density at radius 3 is 2.57 bits per heavy atom. The maximum Gasteiger partial charge on any atom is 0.250 e. The number of rotatable bonds is 5. The third-order valence-corrected chi connectivity index (χ3v) is 8.92. The molecule has 1 saturated heterocycles. The van der Waals surface area contributed by atoms with Crippen LogP contribution in [0.2, 0.25) is 0 Å². The number of sulfonamides is 1. The minimum absolute atomic E-state index is 0.0810. The normalized spacial score (nSPS) is 15.8. The van der Waals surface area contributed by atoms with Gasteiger partial charge in [-0.2, -0.15) is 0 Å². The Morgan fingerprint density at radius 1 is 1.13 bits per heavy atom. The van der Waals surface area contributed by atoms with E-state index in [9.17, 15) is 12.8 Å². The molecule has 4 aromatic rings. The minimum atomic E-state index is -3.44. The van der Waals surface area contributed by atoms with E-state index in [1.54, 1.807) is 34.2 Å². The van der Waals surface area contributed by atoms with Crippen LogP contribution in [0.1, 0.15) is 12.8 Å². The minimum Gasteiger partial charge on any atom is -0.347 e. The number of halogens is 1. The molecule has 0 amide bonds. The van der Waals surface area contributed by atoms with Gasteiger partial charge in [0.1, 0.15) is 10.0 Å². The molecule has 1 aliphatic heterocycles. The monoisotopic (exact) mass is 463 g/mol. The molecule has 30 heavy (non-hydrogen) atoms. The molecule has 1 fully saturated rings. The van der Waals surface area contributed by atoms with Crippen LogP contribution in [0, 0.1) is 5.82 Å². The van der Waals surface area contributed by atoms with Gasteiger partial charge in [0, 0.05) is 24.7 Å². The summed E-state index contributed by atoms with van der Waals surface area (Å²) in [5, 5.41) is 7.25. The van der Waals surface area contributed by atoms with Gasteiger partial charge in [0.25, 0.3) is 0 Å². The van der Waals surface area contributed by atoms with Crippen LogP contribution in [0.4, 0.5) is 9.52 Å². The smallest absolute Gasteiger partial charge is 0.250 e. The van der Waals surface area contributed by atoms with Crippen LogP contribution >= 0.6 is 22.7 Å². The number of imidazole rings is 1. The van der Waals surface area contributed by atoms with Crippen molar-refractivity contribution in [1.29, 1.82) is 0 Å². The summed E-state index contributed by atoms with van der Waals surface area (Å²) in [5.74, 6) is -0.277. The number of benzene rings is 1. The van der Waals surface area contributed by atoms with Gasteiger partial charge >= 0.3 is 0 Å². The Labute approximate surface area is 180 Å². The summed E-state index contributed by atoms with van der Waals surface area (Å²) in [4.78, 5) is 7.53. The Bertz CT molecular complexity index is 1230. The van der Waals surface area contributed by atoms with Crippen LogP contribution in [0.25, 0.3) is 16.2 Å². The fraction of sp³-hybridized carbons (Fsp3) is 0.263. The summed E-state index contributed by atoms with van der Waals surface area (Å²) < 4.78 is 42.8. The van der Waals surface area contributed by atoms with E-state index in [4.69, 9.17) is 0 Å².